The van der Waals surface area contributed by atoms with Gasteiger partial charge in [0.1, 0.15) is 0 Å². The summed E-state index contributed by atoms with van der Waals surface area (Å²) in [6.45, 7) is 8.23. The summed E-state index contributed by atoms with van der Waals surface area (Å²) in [6, 6.07) is 12.8. The van der Waals surface area contributed by atoms with Crippen LogP contribution in [0.2, 0.25) is 0 Å². The molecule has 4 rings (SSSR count). The second-order valence-electron chi connectivity index (χ2n) is 9.76. The molecule has 2 N–H and O–H groups in total. The molecule has 9 heteroatoms. The van der Waals surface area contributed by atoms with Crippen molar-refractivity contribution in [3.05, 3.63) is 76.6 Å². The molecule has 0 spiro atoms. The molecule has 37 heavy (non-hydrogen) atoms. The molecule has 1 amide bonds. The van der Waals surface area contributed by atoms with Crippen molar-refractivity contribution in [3.8, 4) is 0 Å². The number of carbonyl (C=O) groups is 1. The second kappa shape index (κ2) is 11.4. The van der Waals surface area contributed by atoms with Gasteiger partial charge in [0.2, 0.25) is 5.95 Å². The normalized spacial score (nSPS) is 14.5. The third kappa shape index (κ3) is 6.93. The van der Waals surface area contributed by atoms with Gasteiger partial charge in [0.15, 0.2) is 9.84 Å². The molecule has 0 unspecified atom stereocenters. The first-order chi connectivity index (χ1) is 17.6. The Labute approximate surface area is 219 Å². The van der Waals surface area contributed by atoms with Gasteiger partial charge < -0.3 is 15.5 Å². The van der Waals surface area contributed by atoms with Crippen molar-refractivity contribution in [3.63, 3.8) is 0 Å². The van der Waals surface area contributed by atoms with Crippen LogP contribution in [0.1, 0.15) is 52.5 Å². The van der Waals surface area contributed by atoms with Crippen LogP contribution in [0.4, 0.5) is 11.6 Å². The second-order valence-corrected chi connectivity index (χ2v) is 11.8. The molecule has 2 heterocycles. The van der Waals surface area contributed by atoms with Crippen LogP contribution in [-0.4, -0.2) is 54.6 Å². The van der Waals surface area contributed by atoms with Gasteiger partial charge in [-0.3, -0.25) is 4.79 Å². The first-order valence-electron chi connectivity index (χ1n) is 12.6. The number of aryl methyl sites for hydroxylation is 3. The van der Waals surface area contributed by atoms with Crippen molar-refractivity contribution in [1.82, 2.24) is 20.2 Å². The third-order valence-corrected chi connectivity index (χ3v) is 7.79. The summed E-state index contributed by atoms with van der Waals surface area (Å²) in [7, 11) is -3.28. The number of hydrogen-bond acceptors (Lipinski definition) is 7. The highest BCUT2D eigenvalue weighted by molar-refractivity contribution is 7.90. The minimum Gasteiger partial charge on any atom is -0.339 e. The van der Waals surface area contributed by atoms with Gasteiger partial charge in [-0.05, 0) is 80.6 Å². The van der Waals surface area contributed by atoms with Gasteiger partial charge in [-0.2, -0.15) is 0 Å². The van der Waals surface area contributed by atoms with Crippen LogP contribution >= 0.6 is 0 Å². The number of anilines is 2. The highest BCUT2D eigenvalue weighted by atomic mass is 32.2. The Bertz CT molecular complexity index is 1340. The van der Waals surface area contributed by atoms with E-state index in [1.807, 2.05) is 11.1 Å². The number of nitrogens with zero attached hydrogens (tertiary/aromatic N) is 3. The lowest BCUT2D eigenvalue weighted by Gasteiger charge is -2.32. The summed E-state index contributed by atoms with van der Waals surface area (Å²) in [5.41, 5.74) is 5.97. The smallest absolute Gasteiger partial charge is 0.253 e. The topological polar surface area (TPSA) is 104 Å². The van der Waals surface area contributed by atoms with E-state index in [1.54, 1.807) is 12.1 Å². The Kier molecular flexibility index (Phi) is 8.24. The van der Waals surface area contributed by atoms with Gasteiger partial charge in [-0.1, -0.05) is 13.0 Å². The van der Waals surface area contributed by atoms with Crippen molar-refractivity contribution < 1.29 is 13.2 Å². The van der Waals surface area contributed by atoms with Gasteiger partial charge in [0, 0.05) is 54.9 Å². The fourth-order valence-corrected chi connectivity index (χ4v) is 5.33. The van der Waals surface area contributed by atoms with Gasteiger partial charge >= 0.3 is 0 Å². The lowest BCUT2D eigenvalue weighted by Crippen LogP contribution is -2.44. The van der Waals surface area contributed by atoms with E-state index in [0.29, 0.717) is 37.2 Å². The Hall–Kier alpha value is -3.30. The number of carbonyl (C=O) groups excluding carboxylic acids is 1. The molecule has 1 aromatic heterocycles. The minimum absolute atomic E-state index is 0.0629. The molecule has 1 saturated heterocycles. The molecule has 8 nitrogen and oxygen atoms in total. The van der Waals surface area contributed by atoms with Crippen molar-refractivity contribution >= 4 is 27.4 Å². The maximum absolute atomic E-state index is 12.9. The molecule has 2 aromatic carbocycles. The number of likely N-dealkylation sites (tertiary alicyclic amines) is 1. The van der Waals surface area contributed by atoms with Crippen LogP contribution in [0, 0.1) is 13.8 Å². The molecule has 1 aliphatic rings. The molecular formula is C28H35N5O3S. The SMILES string of the molecule is CCc1nc(Nc2cc(C)cc(C)c2)ncc1CNC1CCN(C(=O)c2ccc(S(C)(=O)=O)cc2)CC1. The maximum atomic E-state index is 12.9. The van der Waals surface area contributed by atoms with Crippen LogP contribution in [0.3, 0.4) is 0 Å². The average Bonchev–Trinajstić information content (AvgIpc) is 2.86. The van der Waals surface area contributed by atoms with E-state index in [1.165, 1.54) is 23.3 Å². The molecule has 0 atom stereocenters. The van der Waals surface area contributed by atoms with Crippen LogP contribution in [0.5, 0.6) is 0 Å². The van der Waals surface area contributed by atoms with E-state index in [9.17, 15) is 13.2 Å². The van der Waals surface area contributed by atoms with E-state index in [0.717, 1.165) is 42.5 Å². The van der Waals surface area contributed by atoms with Crippen LogP contribution in [0.25, 0.3) is 0 Å². The zero-order valence-corrected chi connectivity index (χ0v) is 22.7. The Morgan fingerprint density at radius 1 is 1.05 bits per heavy atom. The number of aromatic nitrogens is 2. The average molecular weight is 522 g/mol. The summed E-state index contributed by atoms with van der Waals surface area (Å²) in [4.78, 5) is 24.2. The Morgan fingerprint density at radius 2 is 1.70 bits per heavy atom. The highest BCUT2D eigenvalue weighted by Gasteiger charge is 2.24. The number of benzene rings is 2. The number of nitrogens with one attached hydrogen (secondary N) is 2. The van der Waals surface area contributed by atoms with Crippen LogP contribution in [0.15, 0.2) is 53.6 Å². The summed E-state index contributed by atoms with van der Waals surface area (Å²) in [5.74, 6) is 0.536. The maximum Gasteiger partial charge on any atom is 0.253 e. The third-order valence-electron chi connectivity index (χ3n) is 6.66. The standard InChI is InChI=1S/C28H35N5O3S/c1-5-26-22(18-30-28(32-26)31-24-15-19(2)14-20(3)16-24)17-29-23-10-12-33(13-11-23)27(34)21-6-8-25(9-7-21)37(4,35)36/h6-9,14-16,18,23,29H,5,10-13,17H2,1-4H3,(H,30,31,32). The Morgan fingerprint density at radius 3 is 2.30 bits per heavy atom. The summed E-state index contributed by atoms with van der Waals surface area (Å²) < 4.78 is 23.3. The van der Waals surface area contributed by atoms with Crippen LogP contribution in [-0.2, 0) is 22.8 Å². The number of sulfone groups is 1. The molecule has 0 saturated carbocycles. The van der Waals surface area contributed by atoms with E-state index < -0.39 is 9.84 Å². The van der Waals surface area contributed by atoms with E-state index in [4.69, 9.17) is 4.98 Å². The first kappa shape index (κ1) is 26.8. The van der Waals surface area contributed by atoms with Gasteiger partial charge in [0.05, 0.1) is 10.6 Å². The summed E-state index contributed by atoms with van der Waals surface area (Å²) in [6.07, 6.45) is 5.56. The van der Waals surface area contributed by atoms with Crippen molar-refractivity contribution in [1.29, 1.82) is 0 Å². The Balaban J connectivity index is 1.30. The minimum atomic E-state index is -3.28. The van der Waals surface area contributed by atoms with E-state index in [-0.39, 0.29) is 10.8 Å². The molecule has 1 fully saturated rings. The largest absolute Gasteiger partial charge is 0.339 e. The molecular weight excluding hydrogens is 486 g/mol. The van der Waals surface area contributed by atoms with Crippen molar-refractivity contribution in [2.24, 2.45) is 0 Å². The number of amides is 1. The number of piperidine rings is 1. The quantitative estimate of drug-likeness (QED) is 0.458. The van der Waals surface area contributed by atoms with Crippen molar-refractivity contribution in [2.75, 3.05) is 24.7 Å². The zero-order valence-electron chi connectivity index (χ0n) is 21.9. The van der Waals surface area contributed by atoms with Crippen molar-refractivity contribution in [2.45, 2.75) is 57.5 Å². The van der Waals surface area contributed by atoms with Gasteiger partial charge in [-0.25, -0.2) is 18.4 Å². The summed E-state index contributed by atoms with van der Waals surface area (Å²) in [5, 5.41) is 6.94. The highest BCUT2D eigenvalue weighted by Crippen LogP contribution is 2.20. The first-order valence-corrected chi connectivity index (χ1v) is 14.5. The van der Waals surface area contributed by atoms with E-state index in [2.05, 4.69) is 54.6 Å². The van der Waals surface area contributed by atoms with Crippen LogP contribution < -0.4 is 10.6 Å². The fourth-order valence-electron chi connectivity index (χ4n) is 4.70. The molecule has 0 bridgehead atoms. The predicted octanol–water partition coefficient (Wildman–Crippen LogP) is 4.20. The molecule has 196 valence electrons. The monoisotopic (exact) mass is 521 g/mol. The predicted molar refractivity (Wildman–Crippen MR) is 146 cm³/mol. The number of rotatable bonds is 8. The lowest BCUT2D eigenvalue weighted by atomic mass is 10.0. The summed E-state index contributed by atoms with van der Waals surface area (Å²) >= 11 is 0. The van der Waals surface area contributed by atoms with E-state index >= 15 is 0 Å². The number of hydrogen-bond donors (Lipinski definition) is 2. The van der Waals surface area contributed by atoms with Gasteiger partial charge in [0.25, 0.3) is 5.91 Å². The van der Waals surface area contributed by atoms with Gasteiger partial charge in [-0.15, -0.1) is 0 Å². The molecule has 1 aliphatic heterocycles. The lowest BCUT2D eigenvalue weighted by molar-refractivity contribution is 0.0704. The molecule has 0 aliphatic carbocycles. The zero-order chi connectivity index (χ0) is 26.6. The molecule has 0 radical (unpaired) electrons. The fraction of sp³-hybridized carbons (Fsp3) is 0.393. The molecule has 3 aromatic rings.